The van der Waals surface area contributed by atoms with Crippen molar-refractivity contribution in [2.24, 2.45) is 4.99 Å². The van der Waals surface area contributed by atoms with E-state index in [9.17, 15) is 0 Å². The second-order valence-electron chi connectivity index (χ2n) is 6.26. The van der Waals surface area contributed by atoms with E-state index in [-0.39, 0.29) is 0 Å². The molecule has 0 aliphatic heterocycles. The number of allylic oxidation sites excluding steroid dienone is 3. The van der Waals surface area contributed by atoms with Crippen molar-refractivity contribution in [1.29, 1.82) is 0 Å². The monoisotopic (exact) mass is 299 g/mol. The smallest absolute Gasteiger partial charge is 0.0348 e. The molecule has 4 rings (SSSR count). The lowest BCUT2D eigenvalue weighted by atomic mass is 9.86. The standard InChI is InChI=1S/C22H21N/c1-23-19-14-12-18(13-15-19)22-20-8-4-2-6-16(20)10-11-17-7-3-5-9-21(17)22/h2-9,12,14H,10-11,13,15H2,1H3. The fourth-order valence-corrected chi connectivity index (χ4v) is 3.75. The van der Waals surface area contributed by atoms with Gasteiger partial charge in [0.2, 0.25) is 0 Å². The van der Waals surface area contributed by atoms with Crippen LogP contribution in [0.5, 0.6) is 0 Å². The zero-order valence-corrected chi connectivity index (χ0v) is 13.5. The van der Waals surface area contributed by atoms with Gasteiger partial charge in [-0.1, -0.05) is 54.6 Å². The van der Waals surface area contributed by atoms with Gasteiger partial charge in [0, 0.05) is 12.8 Å². The van der Waals surface area contributed by atoms with Gasteiger partial charge in [-0.25, -0.2) is 0 Å². The highest BCUT2D eigenvalue weighted by Gasteiger charge is 2.21. The van der Waals surface area contributed by atoms with Crippen LogP contribution in [0.1, 0.15) is 35.1 Å². The summed E-state index contributed by atoms with van der Waals surface area (Å²) in [6.45, 7) is 0. The number of aryl methyl sites for hydroxylation is 2. The van der Waals surface area contributed by atoms with Crippen molar-refractivity contribution in [2.75, 3.05) is 7.05 Å². The molecular weight excluding hydrogens is 278 g/mol. The highest BCUT2D eigenvalue weighted by Crippen LogP contribution is 2.38. The van der Waals surface area contributed by atoms with Crippen LogP contribution in [-0.4, -0.2) is 12.8 Å². The van der Waals surface area contributed by atoms with Gasteiger partial charge in [-0.3, -0.25) is 4.99 Å². The van der Waals surface area contributed by atoms with E-state index in [0.717, 1.165) is 25.7 Å². The molecule has 23 heavy (non-hydrogen) atoms. The van der Waals surface area contributed by atoms with Gasteiger partial charge in [-0.05, 0) is 65.2 Å². The Kier molecular flexibility index (Phi) is 3.70. The van der Waals surface area contributed by atoms with Crippen molar-refractivity contribution in [3.8, 4) is 0 Å². The number of hydrogen-bond acceptors (Lipinski definition) is 1. The predicted molar refractivity (Wildman–Crippen MR) is 98.0 cm³/mol. The van der Waals surface area contributed by atoms with Crippen LogP contribution in [0, 0.1) is 0 Å². The Labute approximate surface area is 138 Å². The van der Waals surface area contributed by atoms with Gasteiger partial charge in [-0.15, -0.1) is 0 Å². The summed E-state index contributed by atoms with van der Waals surface area (Å²) >= 11 is 0. The van der Waals surface area contributed by atoms with Crippen LogP contribution in [0.2, 0.25) is 0 Å². The fraction of sp³-hybridized carbons (Fsp3) is 0.227. The lowest BCUT2D eigenvalue weighted by molar-refractivity contribution is 0.965. The molecule has 0 aromatic heterocycles. The van der Waals surface area contributed by atoms with E-state index in [1.807, 2.05) is 7.05 Å². The van der Waals surface area contributed by atoms with Crippen LogP contribution in [0.3, 0.4) is 0 Å². The van der Waals surface area contributed by atoms with Crippen LogP contribution >= 0.6 is 0 Å². The molecule has 0 bridgehead atoms. The topological polar surface area (TPSA) is 12.4 Å². The number of rotatable bonds is 0. The van der Waals surface area contributed by atoms with Crippen molar-refractivity contribution in [2.45, 2.75) is 25.7 Å². The molecular formula is C22H21N. The summed E-state index contributed by atoms with van der Waals surface area (Å²) in [6, 6.07) is 17.8. The van der Waals surface area contributed by atoms with E-state index >= 15 is 0 Å². The molecule has 0 N–H and O–H groups in total. The van der Waals surface area contributed by atoms with Crippen molar-refractivity contribution < 1.29 is 0 Å². The van der Waals surface area contributed by atoms with Crippen molar-refractivity contribution in [3.05, 3.63) is 88.5 Å². The molecule has 114 valence electrons. The van der Waals surface area contributed by atoms with Crippen LogP contribution < -0.4 is 0 Å². The molecule has 0 radical (unpaired) electrons. The van der Waals surface area contributed by atoms with Crippen LogP contribution in [0.15, 0.2) is 71.2 Å². The molecule has 1 heteroatoms. The Morgan fingerprint density at radius 1 is 0.696 bits per heavy atom. The first kappa shape index (κ1) is 14.2. The number of aliphatic imine (C=N–C) groups is 1. The normalized spacial score (nSPS) is 18.6. The SMILES string of the molecule is CN=C1C=CC(=C2c3ccccc3CCc3ccccc32)CC1. The highest BCUT2D eigenvalue weighted by molar-refractivity contribution is 5.98. The number of hydrogen-bond donors (Lipinski definition) is 0. The first-order chi connectivity index (χ1) is 11.4. The number of nitrogens with zero attached hydrogens (tertiary/aromatic N) is 1. The molecule has 2 aromatic carbocycles. The van der Waals surface area contributed by atoms with E-state index in [2.05, 4.69) is 65.7 Å². The summed E-state index contributed by atoms with van der Waals surface area (Å²) in [5, 5.41) is 0. The van der Waals surface area contributed by atoms with Crippen molar-refractivity contribution in [1.82, 2.24) is 0 Å². The minimum absolute atomic E-state index is 1.04. The van der Waals surface area contributed by atoms with E-state index in [4.69, 9.17) is 0 Å². The van der Waals surface area contributed by atoms with Gasteiger partial charge in [0.1, 0.15) is 0 Å². The summed E-state index contributed by atoms with van der Waals surface area (Å²) in [6.07, 6.45) is 8.81. The molecule has 2 aliphatic rings. The van der Waals surface area contributed by atoms with E-state index < -0.39 is 0 Å². The van der Waals surface area contributed by atoms with Crippen LogP contribution in [-0.2, 0) is 12.8 Å². The third-order valence-electron chi connectivity index (χ3n) is 4.97. The zero-order chi connectivity index (χ0) is 15.6. The Hall–Kier alpha value is -2.41. The van der Waals surface area contributed by atoms with Gasteiger partial charge in [0.05, 0.1) is 0 Å². The molecule has 0 unspecified atom stereocenters. The summed E-state index contributed by atoms with van der Waals surface area (Å²) in [5.74, 6) is 0. The summed E-state index contributed by atoms with van der Waals surface area (Å²) in [5.41, 5.74) is 9.83. The maximum absolute atomic E-state index is 4.34. The van der Waals surface area contributed by atoms with Gasteiger partial charge in [-0.2, -0.15) is 0 Å². The molecule has 2 aromatic rings. The summed E-state index contributed by atoms with van der Waals surface area (Å²) in [4.78, 5) is 4.34. The second kappa shape index (κ2) is 6.00. The lowest BCUT2D eigenvalue weighted by Gasteiger charge is -2.19. The van der Waals surface area contributed by atoms with Crippen molar-refractivity contribution in [3.63, 3.8) is 0 Å². The van der Waals surface area contributed by atoms with E-state index in [0.29, 0.717) is 0 Å². The maximum Gasteiger partial charge on any atom is 0.0348 e. The second-order valence-corrected chi connectivity index (χ2v) is 6.26. The molecule has 0 atom stereocenters. The molecule has 0 fully saturated rings. The molecule has 0 saturated heterocycles. The third kappa shape index (κ3) is 2.57. The molecule has 2 aliphatic carbocycles. The summed E-state index contributed by atoms with van der Waals surface area (Å²) < 4.78 is 0. The maximum atomic E-state index is 4.34. The molecule has 0 heterocycles. The highest BCUT2D eigenvalue weighted by atomic mass is 14.7. The van der Waals surface area contributed by atoms with Crippen molar-refractivity contribution >= 4 is 11.3 Å². The van der Waals surface area contributed by atoms with Crippen LogP contribution in [0.4, 0.5) is 0 Å². The fourth-order valence-electron chi connectivity index (χ4n) is 3.75. The number of benzene rings is 2. The molecule has 1 nitrogen and oxygen atoms in total. The van der Waals surface area contributed by atoms with E-state index in [1.165, 1.54) is 39.1 Å². The van der Waals surface area contributed by atoms with Gasteiger partial charge in [0.25, 0.3) is 0 Å². The zero-order valence-electron chi connectivity index (χ0n) is 13.5. The van der Waals surface area contributed by atoms with Gasteiger partial charge >= 0.3 is 0 Å². The average molecular weight is 299 g/mol. The molecule has 0 amide bonds. The molecule has 0 spiro atoms. The Bertz CT molecular complexity index is 787. The Morgan fingerprint density at radius 2 is 1.30 bits per heavy atom. The quantitative estimate of drug-likeness (QED) is 0.648. The minimum atomic E-state index is 1.04. The lowest BCUT2D eigenvalue weighted by Crippen LogP contribution is -2.04. The first-order valence-corrected chi connectivity index (χ1v) is 8.40. The number of fused-ring (bicyclic) bond motifs is 2. The first-order valence-electron chi connectivity index (χ1n) is 8.40. The van der Waals surface area contributed by atoms with Gasteiger partial charge < -0.3 is 0 Å². The average Bonchev–Trinajstić information content (AvgIpc) is 2.79. The predicted octanol–water partition coefficient (Wildman–Crippen LogP) is 5.01. The van der Waals surface area contributed by atoms with Crippen LogP contribution in [0.25, 0.3) is 5.57 Å². The Morgan fingerprint density at radius 3 is 1.83 bits per heavy atom. The molecule has 0 saturated carbocycles. The summed E-state index contributed by atoms with van der Waals surface area (Å²) in [7, 11) is 1.88. The Balaban J connectivity index is 1.98. The minimum Gasteiger partial charge on any atom is -0.293 e. The van der Waals surface area contributed by atoms with E-state index in [1.54, 1.807) is 0 Å². The largest absolute Gasteiger partial charge is 0.293 e. The van der Waals surface area contributed by atoms with Gasteiger partial charge in [0.15, 0.2) is 0 Å². The third-order valence-corrected chi connectivity index (χ3v) is 4.97.